The van der Waals surface area contributed by atoms with Crippen molar-refractivity contribution >= 4 is 13.7 Å². The van der Waals surface area contributed by atoms with Crippen LogP contribution in [0.3, 0.4) is 0 Å². The minimum absolute atomic E-state index is 0.0617. The van der Waals surface area contributed by atoms with Gasteiger partial charge in [-0.25, -0.2) is 4.57 Å². The van der Waals surface area contributed by atoms with E-state index < -0.39 is 20.0 Å². The van der Waals surface area contributed by atoms with Crippen molar-refractivity contribution in [1.82, 2.24) is 5.32 Å². The van der Waals surface area contributed by atoms with Crippen molar-refractivity contribution in [1.29, 1.82) is 0 Å². The number of rotatable bonds is 54. The van der Waals surface area contributed by atoms with E-state index in [1.807, 2.05) is 27.2 Å². The molecule has 0 rings (SSSR count). The standard InChI is InChI=1S/C59H115N2O6P/c1-6-8-10-12-14-16-18-20-22-24-26-27-28-29-30-31-32-33-35-37-39-41-43-45-47-49-51-53-59(63)60-57(56-67-68(64,65)66-55-54-61(3,4)5)58(62)52-50-48-46-44-42-40-38-36-34-25-23-21-19-17-15-13-11-9-7-2/h26-27,29-30,50,52,57-58,62H,6-25,28,31-49,51,53-56H2,1-5H3,(H-,60,63,64,65)/p+1/b27-26-,30-29-,52-50+. The lowest BCUT2D eigenvalue weighted by Gasteiger charge is -2.25. The van der Waals surface area contributed by atoms with Gasteiger partial charge in [-0.15, -0.1) is 0 Å². The van der Waals surface area contributed by atoms with E-state index >= 15 is 0 Å². The molecule has 0 heterocycles. The van der Waals surface area contributed by atoms with Crippen LogP contribution in [0.2, 0.25) is 0 Å². The molecule has 8 nitrogen and oxygen atoms in total. The smallest absolute Gasteiger partial charge is 0.387 e. The summed E-state index contributed by atoms with van der Waals surface area (Å²) < 4.78 is 23.7. The predicted molar refractivity (Wildman–Crippen MR) is 295 cm³/mol. The summed E-state index contributed by atoms with van der Waals surface area (Å²) in [6, 6.07) is -0.848. The Morgan fingerprint density at radius 2 is 0.838 bits per heavy atom. The van der Waals surface area contributed by atoms with Gasteiger partial charge in [0.15, 0.2) is 0 Å². The van der Waals surface area contributed by atoms with Gasteiger partial charge in [0.25, 0.3) is 0 Å². The number of nitrogens with one attached hydrogen (secondary N) is 1. The lowest BCUT2D eigenvalue weighted by molar-refractivity contribution is -0.870. The molecule has 1 amide bonds. The number of carbonyl (C=O) groups is 1. The Hall–Kier alpha value is -1.28. The highest BCUT2D eigenvalue weighted by molar-refractivity contribution is 7.47. The quantitative estimate of drug-likeness (QED) is 0.0243. The molecule has 0 aromatic rings. The van der Waals surface area contributed by atoms with E-state index in [2.05, 4.69) is 43.5 Å². The maximum atomic E-state index is 13.0. The zero-order valence-electron chi connectivity index (χ0n) is 45.9. The highest BCUT2D eigenvalue weighted by Crippen LogP contribution is 2.43. The van der Waals surface area contributed by atoms with Crippen LogP contribution in [0.1, 0.15) is 284 Å². The maximum Gasteiger partial charge on any atom is 0.472 e. The summed E-state index contributed by atoms with van der Waals surface area (Å²) in [5.41, 5.74) is 0. The monoisotopic (exact) mass is 980 g/mol. The summed E-state index contributed by atoms with van der Waals surface area (Å²) in [5.74, 6) is -0.176. The topological polar surface area (TPSA) is 105 Å². The molecule has 0 bridgehead atoms. The van der Waals surface area contributed by atoms with Gasteiger partial charge in [-0.2, -0.15) is 0 Å². The number of nitrogens with zero attached hydrogens (tertiary/aromatic N) is 1. The van der Waals surface area contributed by atoms with Crippen molar-refractivity contribution in [2.45, 2.75) is 296 Å². The number of likely N-dealkylation sites (N-methyl/N-ethyl adjacent to an activating group) is 1. The highest BCUT2D eigenvalue weighted by atomic mass is 31.2. The van der Waals surface area contributed by atoms with E-state index in [0.717, 1.165) is 44.9 Å². The summed E-state index contributed by atoms with van der Waals surface area (Å²) in [6.07, 6.45) is 65.3. The summed E-state index contributed by atoms with van der Waals surface area (Å²) in [4.78, 5) is 23.3. The van der Waals surface area contributed by atoms with Crippen LogP contribution in [-0.4, -0.2) is 73.4 Å². The molecule has 0 aliphatic heterocycles. The normalized spacial score (nSPS) is 14.2. The first-order valence-corrected chi connectivity index (χ1v) is 30.9. The molecule has 0 spiro atoms. The number of quaternary nitrogens is 1. The van der Waals surface area contributed by atoms with Crippen LogP contribution in [0.25, 0.3) is 0 Å². The molecule has 0 saturated heterocycles. The number of unbranched alkanes of at least 4 members (excludes halogenated alkanes) is 37. The fourth-order valence-corrected chi connectivity index (χ4v) is 9.46. The number of phosphoric acid groups is 1. The molecule has 3 N–H and O–H groups in total. The molecule has 0 aliphatic rings. The van der Waals surface area contributed by atoms with Crippen molar-refractivity contribution in [3.63, 3.8) is 0 Å². The molecule has 0 aromatic heterocycles. The third-order valence-electron chi connectivity index (χ3n) is 13.4. The van der Waals surface area contributed by atoms with Crippen LogP contribution in [0, 0.1) is 0 Å². The summed E-state index contributed by atoms with van der Waals surface area (Å²) in [6.45, 7) is 4.85. The molecule has 3 unspecified atom stereocenters. The molecule has 0 fully saturated rings. The third kappa shape index (κ3) is 52.5. The van der Waals surface area contributed by atoms with Gasteiger partial charge in [0.05, 0.1) is 39.9 Å². The van der Waals surface area contributed by atoms with Crippen LogP contribution in [-0.2, 0) is 18.4 Å². The summed E-state index contributed by atoms with van der Waals surface area (Å²) in [7, 11) is 1.58. The maximum absolute atomic E-state index is 13.0. The van der Waals surface area contributed by atoms with Crippen molar-refractivity contribution in [3.05, 3.63) is 36.5 Å². The van der Waals surface area contributed by atoms with E-state index in [0.29, 0.717) is 17.4 Å². The lowest BCUT2D eigenvalue weighted by Crippen LogP contribution is -2.45. The van der Waals surface area contributed by atoms with Gasteiger partial charge in [0.2, 0.25) is 5.91 Å². The number of aliphatic hydroxyl groups is 1. The van der Waals surface area contributed by atoms with E-state index in [1.165, 1.54) is 218 Å². The van der Waals surface area contributed by atoms with Crippen LogP contribution in [0.15, 0.2) is 36.5 Å². The van der Waals surface area contributed by atoms with Crippen LogP contribution >= 0.6 is 7.82 Å². The molecule has 0 aromatic carbocycles. The SMILES string of the molecule is CCCCCCCCCCC/C=C\C/C=C\CCCCCCCCCCCCCC(=O)NC(COP(=O)(O)OCC[N+](C)(C)C)C(O)/C=C/CCCCCCCCCCCCCCCCCCC. The number of hydrogen-bond donors (Lipinski definition) is 3. The summed E-state index contributed by atoms with van der Waals surface area (Å²) in [5, 5.41) is 13.9. The fraction of sp³-hybridized carbons (Fsp3) is 0.881. The molecule has 0 aliphatic carbocycles. The minimum atomic E-state index is -4.35. The summed E-state index contributed by atoms with van der Waals surface area (Å²) >= 11 is 0. The van der Waals surface area contributed by atoms with Gasteiger partial charge in [0.1, 0.15) is 13.2 Å². The van der Waals surface area contributed by atoms with Gasteiger partial charge < -0.3 is 19.8 Å². The van der Waals surface area contributed by atoms with Gasteiger partial charge in [0, 0.05) is 6.42 Å². The number of hydrogen-bond acceptors (Lipinski definition) is 5. The Morgan fingerprint density at radius 1 is 0.500 bits per heavy atom. The number of phosphoric ester groups is 1. The Balaban J connectivity index is 4.18. The second kappa shape index (κ2) is 50.7. The average molecular weight is 981 g/mol. The number of aliphatic hydroxyl groups excluding tert-OH is 1. The first-order chi connectivity index (χ1) is 33.0. The third-order valence-corrected chi connectivity index (χ3v) is 14.3. The predicted octanol–water partition coefficient (Wildman–Crippen LogP) is 17.8. The van der Waals surface area contributed by atoms with Crippen molar-refractivity contribution in [3.8, 4) is 0 Å². The van der Waals surface area contributed by atoms with Crippen molar-refractivity contribution in [2.75, 3.05) is 40.9 Å². The van der Waals surface area contributed by atoms with E-state index in [-0.39, 0.29) is 19.1 Å². The van der Waals surface area contributed by atoms with E-state index in [4.69, 9.17) is 9.05 Å². The molecule has 402 valence electrons. The Kier molecular flexibility index (Phi) is 49.7. The molecule has 0 radical (unpaired) electrons. The largest absolute Gasteiger partial charge is 0.472 e. The number of amides is 1. The van der Waals surface area contributed by atoms with Gasteiger partial charge in [-0.05, 0) is 51.4 Å². The first kappa shape index (κ1) is 66.7. The Morgan fingerprint density at radius 3 is 1.21 bits per heavy atom. The van der Waals surface area contributed by atoms with Gasteiger partial charge >= 0.3 is 7.82 Å². The van der Waals surface area contributed by atoms with Gasteiger partial charge in [-0.1, -0.05) is 262 Å². The van der Waals surface area contributed by atoms with E-state index in [1.54, 1.807) is 6.08 Å². The molecule has 0 saturated carbocycles. The average Bonchev–Trinajstić information content (AvgIpc) is 3.30. The van der Waals surface area contributed by atoms with E-state index in [9.17, 15) is 19.4 Å². The minimum Gasteiger partial charge on any atom is -0.387 e. The molecule has 68 heavy (non-hydrogen) atoms. The highest BCUT2D eigenvalue weighted by Gasteiger charge is 2.27. The van der Waals surface area contributed by atoms with Crippen LogP contribution in [0.4, 0.5) is 0 Å². The number of allylic oxidation sites excluding steroid dienone is 5. The molecular formula is C59H116N2O6P+. The second-order valence-corrected chi connectivity index (χ2v) is 22.8. The molecular weight excluding hydrogens is 864 g/mol. The van der Waals surface area contributed by atoms with Crippen LogP contribution in [0.5, 0.6) is 0 Å². The lowest BCUT2D eigenvalue weighted by atomic mass is 10.0. The van der Waals surface area contributed by atoms with Gasteiger partial charge in [-0.3, -0.25) is 13.8 Å². The van der Waals surface area contributed by atoms with Crippen molar-refractivity contribution in [2.24, 2.45) is 0 Å². The van der Waals surface area contributed by atoms with Crippen LogP contribution < -0.4 is 5.32 Å². The molecule has 9 heteroatoms. The van der Waals surface area contributed by atoms with Crippen molar-refractivity contribution < 1.29 is 32.9 Å². The second-order valence-electron chi connectivity index (χ2n) is 21.4. The first-order valence-electron chi connectivity index (χ1n) is 29.4. The zero-order valence-corrected chi connectivity index (χ0v) is 46.8. The zero-order chi connectivity index (χ0) is 49.9. The molecule has 3 atom stereocenters. The fourth-order valence-electron chi connectivity index (χ4n) is 8.72. The number of carbonyl (C=O) groups excluding carboxylic acids is 1. The Labute approximate surface area is 423 Å². The Bertz CT molecular complexity index is 1200.